The highest BCUT2D eigenvalue weighted by molar-refractivity contribution is 7.78. The molecule has 4 nitrogen and oxygen atoms in total. The van der Waals surface area contributed by atoms with E-state index in [1.54, 1.807) is 0 Å². The molecule has 0 radical (unpaired) electrons. The Balaban J connectivity index is 0.000000545. The molecule has 1 aromatic heterocycles. The molecule has 0 atom stereocenters. The fraction of sp³-hybridized carbons (Fsp3) is 0.118. The van der Waals surface area contributed by atoms with Crippen molar-refractivity contribution in [2.45, 2.75) is 13.3 Å². The van der Waals surface area contributed by atoms with E-state index in [2.05, 4.69) is 58.9 Å². The van der Waals surface area contributed by atoms with Gasteiger partial charge in [-0.05, 0) is 18.6 Å². The molecule has 2 N–H and O–H groups in total. The van der Waals surface area contributed by atoms with Gasteiger partial charge >= 0.3 is 0 Å². The van der Waals surface area contributed by atoms with Gasteiger partial charge < -0.3 is 5.41 Å². The number of hydrogen-bond acceptors (Lipinski definition) is 3. The number of rotatable bonds is 3. The number of aromatic amines is 1. The van der Waals surface area contributed by atoms with E-state index in [0.29, 0.717) is 0 Å². The van der Waals surface area contributed by atoms with Gasteiger partial charge in [-0.3, -0.25) is 5.43 Å². The number of para-hydroxylation sites is 2. The summed E-state index contributed by atoms with van der Waals surface area (Å²) in [5.41, 5.74) is 6.45. The minimum absolute atomic E-state index is 0.918. The van der Waals surface area contributed by atoms with Crippen LogP contribution in [0.1, 0.15) is 13.3 Å². The van der Waals surface area contributed by atoms with Crippen LogP contribution >= 0.6 is 12.2 Å². The van der Waals surface area contributed by atoms with Crippen molar-refractivity contribution in [3.8, 4) is 0 Å². The Morgan fingerprint density at radius 1 is 1.14 bits per heavy atom. The molecule has 0 bridgehead atoms. The second-order valence-corrected chi connectivity index (χ2v) is 4.70. The maximum Gasteiger partial charge on any atom is 0.213 e. The van der Waals surface area contributed by atoms with Gasteiger partial charge in [0.1, 0.15) is 0 Å². The lowest BCUT2D eigenvalue weighted by molar-refractivity contribution is -0.310. The Labute approximate surface area is 134 Å². The smallest absolute Gasteiger partial charge is 0.213 e. The van der Waals surface area contributed by atoms with Gasteiger partial charge in [0.15, 0.2) is 0 Å². The summed E-state index contributed by atoms with van der Waals surface area (Å²) in [6.45, 7) is 2.07. The van der Waals surface area contributed by atoms with E-state index in [-0.39, 0.29) is 0 Å². The standard InChI is InChI=1S/C16H15N3.CNS/c1-2-11-17-19-16-12-7-3-5-9-14(12)18-15-10-6-4-8-13(15)16;2-1-3/h3-11H,2H2,1H3,(H,18,19);/q;-1/p+1. The van der Waals surface area contributed by atoms with Gasteiger partial charge in [-0.15, -0.1) is 0 Å². The van der Waals surface area contributed by atoms with E-state index in [1.165, 1.54) is 5.16 Å². The van der Waals surface area contributed by atoms with E-state index >= 15 is 0 Å². The number of thiocarbonyl (C=S) groups is 1. The highest BCUT2D eigenvalue weighted by Gasteiger charge is 2.12. The Bertz CT molecular complexity index is 782. The van der Waals surface area contributed by atoms with Gasteiger partial charge in [0.25, 0.3) is 0 Å². The summed E-state index contributed by atoms with van der Waals surface area (Å²) in [5.74, 6) is 0. The Kier molecular flexibility index (Phi) is 5.72. The number of H-pyrrole nitrogens is 1. The van der Waals surface area contributed by atoms with E-state index in [4.69, 9.17) is 5.41 Å². The molecular formula is C17H16N4S. The van der Waals surface area contributed by atoms with Crippen molar-refractivity contribution in [1.29, 1.82) is 0 Å². The molecule has 3 rings (SSSR count). The number of nitrogens with one attached hydrogen (secondary N) is 2. The molecule has 22 heavy (non-hydrogen) atoms. The summed E-state index contributed by atoms with van der Waals surface area (Å²) < 4.78 is 0. The van der Waals surface area contributed by atoms with E-state index in [1.807, 2.05) is 30.5 Å². The lowest BCUT2D eigenvalue weighted by Crippen LogP contribution is -2.07. The fourth-order valence-corrected chi connectivity index (χ4v) is 2.23. The summed E-state index contributed by atoms with van der Waals surface area (Å²) in [4.78, 5) is 3.45. The summed E-state index contributed by atoms with van der Waals surface area (Å²) in [7, 11) is 0. The zero-order valence-electron chi connectivity index (χ0n) is 12.2. The molecule has 0 aliphatic carbocycles. The van der Waals surface area contributed by atoms with Crippen molar-refractivity contribution in [3.05, 3.63) is 53.9 Å². The zero-order chi connectivity index (χ0) is 15.8. The van der Waals surface area contributed by atoms with Gasteiger partial charge in [-0.2, -0.15) is 10.3 Å². The number of hydrazone groups is 1. The number of nitrogens with zero attached hydrogens (tertiary/aromatic N) is 2. The molecule has 0 aliphatic rings. The number of anilines is 1. The minimum Gasteiger partial charge on any atom is -0.753 e. The summed E-state index contributed by atoms with van der Waals surface area (Å²) in [6, 6.07) is 16.5. The maximum absolute atomic E-state index is 7.13. The lowest BCUT2D eigenvalue weighted by atomic mass is 10.1. The number of fused-ring (bicyclic) bond motifs is 2. The lowest BCUT2D eigenvalue weighted by Gasteiger charge is -2.06. The number of pyridine rings is 1. The van der Waals surface area contributed by atoms with Gasteiger partial charge in [0.2, 0.25) is 11.0 Å². The molecule has 0 aliphatic heterocycles. The predicted octanol–water partition coefficient (Wildman–Crippen LogP) is 4.27. The molecule has 3 aromatic rings. The first-order chi connectivity index (χ1) is 10.8. The van der Waals surface area contributed by atoms with Crippen molar-refractivity contribution in [1.82, 2.24) is 0 Å². The van der Waals surface area contributed by atoms with Gasteiger partial charge in [-0.25, -0.2) is 4.98 Å². The average Bonchev–Trinajstić information content (AvgIpc) is 2.55. The van der Waals surface area contributed by atoms with Crippen LogP contribution in [0.15, 0.2) is 53.6 Å². The van der Waals surface area contributed by atoms with Gasteiger partial charge in [-0.1, -0.05) is 43.4 Å². The average molecular weight is 308 g/mol. The topological polar surface area (TPSA) is 60.8 Å². The van der Waals surface area contributed by atoms with E-state index < -0.39 is 0 Å². The van der Waals surface area contributed by atoms with Crippen LogP contribution in [0.25, 0.3) is 27.2 Å². The molecule has 5 heteroatoms. The molecular weight excluding hydrogens is 292 g/mol. The van der Waals surface area contributed by atoms with Crippen LogP contribution in [0.2, 0.25) is 0 Å². The third-order valence-corrected chi connectivity index (χ3v) is 3.11. The third kappa shape index (κ3) is 3.52. The molecule has 0 amide bonds. The van der Waals surface area contributed by atoms with Crippen molar-refractivity contribution < 1.29 is 4.98 Å². The quantitative estimate of drug-likeness (QED) is 0.340. The van der Waals surface area contributed by atoms with Crippen LogP contribution in [-0.2, 0) is 0 Å². The van der Waals surface area contributed by atoms with Crippen LogP contribution in [0.3, 0.4) is 0 Å². The first-order valence-corrected chi connectivity index (χ1v) is 7.34. The number of benzene rings is 2. The number of hydrogen-bond donors (Lipinski definition) is 1. The second kappa shape index (κ2) is 7.98. The summed E-state index contributed by atoms with van der Waals surface area (Å²) in [6.07, 6.45) is 2.79. The van der Waals surface area contributed by atoms with Crippen LogP contribution in [0, 0.1) is 0 Å². The minimum atomic E-state index is 0.918. The first kappa shape index (κ1) is 15.8. The van der Waals surface area contributed by atoms with Crippen molar-refractivity contribution in [3.63, 3.8) is 0 Å². The normalized spacial score (nSPS) is 10.2. The van der Waals surface area contributed by atoms with Gasteiger partial charge in [0.05, 0.1) is 16.5 Å². The molecule has 0 spiro atoms. The second-order valence-electron chi connectivity index (χ2n) is 4.51. The first-order valence-electron chi connectivity index (χ1n) is 6.93. The molecule has 0 saturated heterocycles. The van der Waals surface area contributed by atoms with Crippen LogP contribution in [-0.4, -0.2) is 11.4 Å². The molecule has 0 unspecified atom stereocenters. The molecule has 1 heterocycles. The maximum atomic E-state index is 7.13. The predicted molar refractivity (Wildman–Crippen MR) is 96.4 cm³/mol. The summed E-state index contributed by atoms with van der Waals surface area (Å²) >= 11 is 3.70. The monoisotopic (exact) mass is 308 g/mol. The SMILES string of the molecule is CCC=NNc1c2ccccc2[nH+]c2ccccc12.[N-]=C=S. The third-order valence-electron chi connectivity index (χ3n) is 3.11. The Hall–Kier alpha value is -2.62. The largest absolute Gasteiger partial charge is 0.753 e. The zero-order valence-corrected chi connectivity index (χ0v) is 13.0. The van der Waals surface area contributed by atoms with Crippen molar-refractivity contribution >= 4 is 51.1 Å². The van der Waals surface area contributed by atoms with Crippen molar-refractivity contribution in [2.75, 3.05) is 5.43 Å². The van der Waals surface area contributed by atoms with E-state index in [0.717, 1.165) is 33.9 Å². The van der Waals surface area contributed by atoms with Crippen LogP contribution in [0.5, 0.6) is 0 Å². The Morgan fingerprint density at radius 3 is 2.14 bits per heavy atom. The van der Waals surface area contributed by atoms with Crippen LogP contribution < -0.4 is 10.4 Å². The molecule has 2 aromatic carbocycles. The van der Waals surface area contributed by atoms with Crippen LogP contribution in [0.4, 0.5) is 5.69 Å². The van der Waals surface area contributed by atoms with Crippen molar-refractivity contribution in [2.24, 2.45) is 5.10 Å². The number of isothiocyanates is 1. The highest BCUT2D eigenvalue weighted by Crippen LogP contribution is 2.28. The van der Waals surface area contributed by atoms with E-state index in [9.17, 15) is 0 Å². The summed E-state index contributed by atoms with van der Waals surface area (Å²) in [5, 5.41) is 15.0. The molecule has 110 valence electrons. The fourth-order valence-electron chi connectivity index (χ4n) is 2.23. The highest BCUT2D eigenvalue weighted by atomic mass is 32.1. The van der Waals surface area contributed by atoms with Gasteiger partial charge in [0, 0.05) is 18.3 Å². The Morgan fingerprint density at radius 2 is 1.64 bits per heavy atom. The molecule has 0 saturated carbocycles. The molecule has 0 fully saturated rings. The number of aromatic nitrogens is 1.